The van der Waals surface area contributed by atoms with Gasteiger partial charge in [-0.05, 0) is 23.3 Å². The Labute approximate surface area is 194 Å². The van der Waals surface area contributed by atoms with Crippen LogP contribution in [0.2, 0.25) is 5.02 Å². The number of anilines is 1. The Morgan fingerprint density at radius 3 is 2.39 bits per heavy atom. The summed E-state index contributed by atoms with van der Waals surface area (Å²) in [6.07, 6.45) is -1.05. The zero-order valence-corrected chi connectivity index (χ0v) is 18.0. The third kappa shape index (κ3) is 3.63. The number of rotatable bonds is 5. The zero-order valence-electron chi connectivity index (χ0n) is 17.2. The van der Waals surface area contributed by atoms with Crippen LogP contribution in [0.15, 0.2) is 78.9 Å². The molecule has 0 aliphatic carbocycles. The number of likely N-dealkylation sites (tertiary alicyclic amines) is 1. The van der Waals surface area contributed by atoms with E-state index in [1.54, 1.807) is 30.3 Å². The van der Waals surface area contributed by atoms with Crippen LogP contribution in [0.4, 0.5) is 11.4 Å². The van der Waals surface area contributed by atoms with Crippen molar-refractivity contribution in [1.29, 1.82) is 0 Å². The first-order chi connectivity index (χ1) is 16.0. The van der Waals surface area contributed by atoms with Crippen molar-refractivity contribution in [2.24, 2.45) is 5.92 Å². The number of amides is 2. The van der Waals surface area contributed by atoms with E-state index in [2.05, 4.69) is 0 Å². The summed E-state index contributed by atoms with van der Waals surface area (Å²) in [6, 6.07) is 21.4. The number of nitro benzene ring substituents is 1. The second-order valence-corrected chi connectivity index (χ2v) is 8.28. The maximum atomic E-state index is 13.5. The van der Waals surface area contributed by atoms with Crippen molar-refractivity contribution in [2.75, 3.05) is 5.06 Å². The number of hydrogen-bond donors (Lipinski definition) is 0. The Morgan fingerprint density at radius 1 is 0.939 bits per heavy atom. The largest absolute Gasteiger partial charge is 0.275 e. The van der Waals surface area contributed by atoms with Gasteiger partial charge in [0, 0.05) is 17.2 Å². The fraction of sp³-hybridized carbons (Fsp3) is 0.167. The molecule has 166 valence electrons. The van der Waals surface area contributed by atoms with Crippen LogP contribution in [0.3, 0.4) is 0 Å². The molecule has 0 spiro atoms. The first kappa shape index (κ1) is 21.1. The quantitative estimate of drug-likeness (QED) is 0.318. The number of carbonyl (C=O) groups excluding carboxylic acids is 2. The highest BCUT2D eigenvalue weighted by Gasteiger charge is 2.60. The van der Waals surface area contributed by atoms with Gasteiger partial charge in [0.05, 0.1) is 23.2 Å². The molecular weight excluding hydrogens is 446 g/mol. The number of hydroxylamine groups is 1. The smallest absolute Gasteiger partial charge is 0.271 e. The number of imide groups is 1. The van der Waals surface area contributed by atoms with Gasteiger partial charge in [0.25, 0.3) is 11.6 Å². The van der Waals surface area contributed by atoms with Gasteiger partial charge in [0.15, 0.2) is 6.10 Å². The maximum Gasteiger partial charge on any atom is 0.271 e. The molecule has 3 atom stereocenters. The van der Waals surface area contributed by atoms with Crippen LogP contribution in [0.1, 0.15) is 17.2 Å². The predicted octanol–water partition coefficient (Wildman–Crippen LogP) is 4.29. The van der Waals surface area contributed by atoms with Crippen molar-refractivity contribution in [1.82, 2.24) is 4.90 Å². The summed E-state index contributed by atoms with van der Waals surface area (Å²) in [6.45, 7) is 0.140. The second-order valence-electron chi connectivity index (χ2n) is 7.87. The van der Waals surface area contributed by atoms with Gasteiger partial charge in [-0.2, -0.15) is 0 Å². The molecule has 2 saturated heterocycles. The summed E-state index contributed by atoms with van der Waals surface area (Å²) in [5.41, 5.74) is 1.65. The summed E-state index contributed by atoms with van der Waals surface area (Å²) < 4.78 is 0. The Bertz CT molecular complexity index is 1250. The summed E-state index contributed by atoms with van der Waals surface area (Å²) in [5.74, 6) is -1.66. The third-order valence-corrected chi connectivity index (χ3v) is 6.25. The molecule has 0 bridgehead atoms. The Balaban J connectivity index is 1.56. The van der Waals surface area contributed by atoms with Gasteiger partial charge in [0.2, 0.25) is 5.91 Å². The van der Waals surface area contributed by atoms with Crippen molar-refractivity contribution in [3.63, 3.8) is 0 Å². The van der Waals surface area contributed by atoms with Crippen LogP contribution >= 0.6 is 11.6 Å². The highest BCUT2D eigenvalue weighted by Crippen LogP contribution is 2.48. The van der Waals surface area contributed by atoms with Crippen molar-refractivity contribution in [3.05, 3.63) is 105 Å². The molecule has 8 nitrogen and oxygen atoms in total. The molecular formula is C24H18ClN3O5. The van der Waals surface area contributed by atoms with Crippen LogP contribution in [-0.2, 0) is 21.0 Å². The standard InChI is InChI=1S/C24H18ClN3O5/c25-19-12-5-4-11-18(19)21-20-22(33-27(21)16-9-6-10-17(13-16)28(31)32)24(30)26(23(20)29)14-15-7-2-1-3-8-15/h1-13,20-22H,14H2. The van der Waals surface area contributed by atoms with E-state index in [4.69, 9.17) is 16.4 Å². The van der Waals surface area contributed by atoms with E-state index in [9.17, 15) is 19.7 Å². The molecule has 2 aliphatic rings. The molecule has 0 radical (unpaired) electrons. The molecule has 33 heavy (non-hydrogen) atoms. The van der Waals surface area contributed by atoms with Gasteiger partial charge >= 0.3 is 0 Å². The van der Waals surface area contributed by atoms with E-state index in [0.717, 1.165) is 5.56 Å². The van der Waals surface area contributed by atoms with E-state index >= 15 is 0 Å². The van der Waals surface area contributed by atoms with E-state index in [1.165, 1.54) is 28.2 Å². The van der Waals surface area contributed by atoms with Gasteiger partial charge in [-0.25, -0.2) is 5.06 Å². The number of non-ortho nitro benzene ring substituents is 1. The average molecular weight is 464 g/mol. The van der Waals surface area contributed by atoms with E-state index in [0.29, 0.717) is 16.3 Å². The van der Waals surface area contributed by atoms with Crippen LogP contribution in [-0.4, -0.2) is 27.7 Å². The zero-order chi connectivity index (χ0) is 23.1. The molecule has 3 unspecified atom stereocenters. The summed E-state index contributed by atoms with van der Waals surface area (Å²) in [7, 11) is 0. The molecule has 3 aromatic carbocycles. The molecule has 2 heterocycles. The number of carbonyl (C=O) groups is 2. The van der Waals surface area contributed by atoms with Gasteiger partial charge in [-0.15, -0.1) is 0 Å². The molecule has 9 heteroatoms. The van der Waals surface area contributed by atoms with Crippen molar-refractivity contribution >= 4 is 34.8 Å². The van der Waals surface area contributed by atoms with Gasteiger partial charge in [-0.1, -0.05) is 66.2 Å². The lowest BCUT2D eigenvalue weighted by Crippen LogP contribution is -2.37. The molecule has 0 aromatic heterocycles. The highest BCUT2D eigenvalue weighted by atomic mass is 35.5. The minimum absolute atomic E-state index is 0.130. The van der Waals surface area contributed by atoms with Crippen molar-refractivity contribution in [2.45, 2.75) is 18.7 Å². The monoisotopic (exact) mass is 463 g/mol. The lowest BCUT2D eigenvalue weighted by Gasteiger charge is -2.29. The Morgan fingerprint density at radius 2 is 1.67 bits per heavy atom. The van der Waals surface area contributed by atoms with Crippen LogP contribution in [0.5, 0.6) is 0 Å². The van der Waals surface area contributed by atoms with Crippen molar-refractivity contribution in [3.8, 4) is 0 Å². The van der Waals surface area contributed by atoms with Gasteiger partial charge < -0.3 is 0 Å². The topological polar surface area (TPSA) is 93.0 Å². The fourth-order valence-corrected chi connectivity index (χ4v) is 4.64. The van der Waals surface area contributed by atoms with Gasteiger partial charge in [-0.3, -0.25) is 29.4 Å². The normalized spacial score (nSPS) is 22.0. The Hall–Kier alpha value is -3.75. The molecule has 3 aromatic rings. The number of nitro groups is 1. The lowest BCUT2D eigenvalue weighted by molar-refractivity contribution is -0.384. The molecule has 2 aliphatic heterocycles. The minimum Gasteiger partial charge on any atom is -0.275 e. The van der Waals surface area contributed by atoms with Crippen LogP contribution < -0.4 is 5.06 Å². The second kappa shape index (κ2) is 8.31. The Kier molecular flexibility index (Phi) is 5.32. The maximum absolute atomic E-state index is 13.5. The molecule has 2 amide bonds. The van der Waals surface area contributed by atoms with Crippen LogP contribution in [0.25, 0.3) is 0 Å². The van der Waals surface area contributed by atoms with E-state index < -0.39 is 28.9 Å². The third-order valence-electron chi connectivity index (χ3n) is 5.91. The fourth-order valence-electron chi connectivity index (χ4n) is 4.39. The van der Waals surface area contributed by atoms with E-state index in [1.807, 2.05) is 30.3 Å². The molecule has 0 N–H and O–H groups in total. The lowest BCUT2D eigenvalue weighted by atomic mass is 9.90. The molecule has 0 saturated carbocycles. The average Bonchev–Trinajstić information content (AvgIpc) is 3.32. The first-order valence-corrected chi connectivity index (χ1v) is 10.7. The summed E-state index contributed by atoms with van der Waals surface area (Å²) in [5, 5.41) is 13.1. The number of benzene rings is 3. The SMILES string of the molecule is O=C1C2ON(c3cccc([N+](=O)[O-])c3)C(c3ccccc3Cl)C2C(=O)N1Cc1ccccc1. The van der Waals surface area contributed by atoms with Crippen molar-refractivity contribution < 1.29 is 19.3 Å². The molecule has 5 rings (SSSR count). The minimum atomic E-state index is -1.05. The molecule has 2 fully saturated rings. The summed E-state index contributed by atoms with van der Waals surface area (Å²) >= 11 is 6.48. The van der Waals surface area contributed by atoms with Gasteiger partial charge in [0.1, 0.15) is 5.92 Å². The van der Waals surface area contributed by atoms with E-state index in [-0.39, 0.29) is 18.1 Å². The van der Waals surface area contributed by atoms with Crippen LogP contribution in [0, 0.1) is 16.0 Å². The number of halogens is 1. The summed E-state index contributed by atoms with van der Waals surface area (Å²) in [4.78, 5) is 44.7. The number of fused-ring (bicyclic) bond motifs is 1. The predicted molar refractivity (Wildman–Crippen MR) is 120 cm³/mol. The number of nitrogens with zero attached hydrogens (tertiary/aromatic N) is 3. The highest BCUT2D eigenvalue weighted by molar-refractivity contribution is 6.31. The number of hydrogen-bond acceptors (Lipinski definition) is 6. The first-order valence-electron chi connectivity index (χ1n) is 10.3.